The second-order valence-electron chi connectivity index (χ2n) is 6.38. The fraction of sp³-hybridized carbons (Fsp3) is 0.238. The molecule has 0 amide bonds. The lowest BCUT2D eigenvalue weighted by atomic mass is 9.98. The molecule has 0 saturated carbocycles. The van der Waals surface area contributed by atoms with E-state index in [1.165, 1.54) is 0 Å². The summed E-state index contributed by atoms with van der Waals surface area (Å²) in [5.41, 5.74) is 4.37. The van der Waals surface area contributed by atoms with E-state index in [-0.39, 0.29) is 5.92 Å². The molecule has 2 heterocycles. The van der Waals surface area contributed by atoms with Crippen LogP contribution in [0.25, 0.3) is 11.3 Å². The largest absolute Gasteiger partial charge is 0.496 e. The molecule has 6 nitrogen and oxygen atoms in total. The summed E-state index contributed by atoms with van der Waals surface area (Å²) in [6, 6.07) is 11.4. The average molecular weight is 362 g/mol. The minimum atomic E-state index is 0.167. The number of benzene rings is 1. The predicted molar refractivity (Wildman–Crippen MR) is 105 cm³/mol. The smallest absolute Gasteiger partial charge is 0.150 e. The van der Waals surface area contributed by atoms with Crippen molar-refractivity contribution in [3.63, 3.8) is 0 Å². The topological polar surface area (TPSA) is 77.0 Å². The number of carbonyl (C=O) groups is 1. The van der Waals surface area contributed by atoms with Gasteiger partial charge in [0.2, 0.25) is 0 Å². The first-order chi connectivity index (χ1) is 13.1. The van der Waals surface area contributed by atoms with Gasteiger partial charge in [0.25, 0.3) is 0 Å². The number of pyridine rings is 1. The zero-order valence-electron chi connectivity index (χ0n) is 15.6. The van der Waals surface area contributed by atoms with Crippen molar-refractivity contribution in [2.24, 2.45) is 0 Å². The fourth-order valence-electron chi connectivity index (χ4n) is 2.81. The van der Waals surface area contributed by atoms with Gasteiger partial charge < -0.3 is 10.1 Å². The first kappa shape index (κ1) is 18.5. The molecule has 0 aliphatic rings. The zero-order chi connectivity index (χ0) is 19.2. The lowest BCUT2D eigenvalue weighted by molar-refractivity contribution is 0.112. The van der Waals surface area contributed by atoms with E-state index in [4.69, 9.17) is 4.74 Å². The van der Waals surface area contributed by atoms with Crippen LogP contribution in [0.15, 0.2) is 48.9 Å². The Bertz CT molecular complexity index is 926. The molecule has 3 aromatic rings. The summed E-state index contributed by atoms with van der Waals surface area (Å²) in [6.07, 6.45) is 4.17. The number of anilines is 1. The summed E-state index contributed by atoms with van der Waals surface area (Å²) in [5, 5.41) is 3.35. The van der Waals surface area contributed by atoms with Gasteiger partial charge >= 0.3 is 0 Å². The highest BCUT2D eigenvalue weighted by molar-refractivity contribution is 5.76. The van der Waals surface area contributed by atoms with Crippen LogP contribution in [0.2, 0.25) is 0 Å². The van der Waals surface area contributed by atoms with Crippen LogP contribution in [-0.4, -0.2) is 34.9 Å². The lowest BCUT2D eigenvalue weighted by Crippen LogP contribution is -2.12. The van der Waals surface area contributed by atoms with Crippen molar-refractivity contribution in [1.82, 2.24) is 15.0 Å². The van der Waals surface area contributed by atoms with Gasteiger partial charge in [-0.05, 0) is 30.7 Å². The first-order valence-corrected chi connectivity index (χ1v) is 8.72. The summed E-state index contributed by atoms with van der Waals surface area (Å²) in [6.45, 7) is 4.71. The van der Waals surface area contributed by atoms with E-state index in [1.54, 1.807) is 25.6 Å². The van der Waals surface area contributed by atoms with E-state index in [0.717, 1.165) is 34.6 Å². The molecule has 1 atom stereocenters. The number of hydrogen-bond acceptors (Lipinski definition) is 6. The number of rotatable bonds is 7. The van der Waals surface area contributed by atoms with Crippen LogP contribution in [0.1, 0.15) is 34.5 Å². The van der Waals surface area contributed by atoms with Gasteiger partial charge in [-0.15, -0.1) is 0 Å². The highest BCUT2D eigenvalue weighted by Crippen LogP contribution is 2.28. The summed E-state index contributed by atoms with van der Waals surface area (Å²) in [4.78, 5) is 23.9. The molecule has 1 aromatic carbocycles. The summed E-state index contributed by atoms with van der Waals surface area (Å²) >= 11 is 0. The highest BCUT2D eigenvalue weighted by atomic mass is 16.5. The van der Waals surface area contributed by atoms with Crippen molar-refractivity contribution in [2.45, 2.75) is 19.8 Å². The minimum absolute atomic E-state index is 0.167. The molecule has 1 N–H and O–H groups in total. The number of carbonyl (C=O) groups excluding carboxylic acids is 1. The molecule has 0 fully saturated rings. The Labute approximate surface area is 158 Å². The van der Waals surface area contributed by atoms with Crippen molar-refractivity contribution < 1.29 is 9.53 Å². The molecule has 6 heteroatoms. The van der Waals surface area contributed by atoms with Gasteiger partial charge in [-0.2, -0.15) is 0 Å². The Morgan fingerprint density at radius 1 is 1.15 bits per heavy atom. The molecule has 1 unspecified atom stereocenters. The van der Waals surface area contributed by atoms with E-state index in [9.17, 15) is 4.79 Å². The third-order valence-corrected chi connectivity index (χ3v) is 4.39. The SMILES string of the molecule is COc1cc(C=O)ccc1C(C)CNc1cc(-c2ccc(C)nc2)ncn1. The first-order valence-electron chi connectivity index (χ1n) is 8.72. The standard InChI is InChI=1S/C21H22N4O2/c1-14(18-7-5-16(12-26)8-20(18)27-3)10-23-21-9-19(24-13-25-21)17-6-4-15(2)22-11-17/h4-9,11-14H,10H2,1-3H3,(H,23,24,25). The normalized spacial score (nSPS) is 11.7. The predicted octanol–water partition coefficient (Wildman–Crippen LogP) is 3.88. The maximum Gasteiger partial charge on any atom is 0.150 e. The van der Waals surface area contributed by atoms with Crippen molar-refractivity contribution in [3.8, 4) is 17.0 Å². The molecule has 0 spiro atoms. The Balaban J connectivity index is 1.72. The second kappa shape index (κ2) is 8.40. The van der Waals surface area contributed by atoms with Gasteiger partial charge in [-0.25, -0.2) is 9.97 Å². The Morgan fingerprint density at radius 2 is 2.00 bits per heavy atom. The summed E-state index contributed by atoms with van der Waals surface area (Å²) in [7, 11) is 1.61. The van der Waals surface area contributed by atoms with Crippen molar-refractivity contribution >= 4 is 12.1 Å². The maximum atomic E-state index is 10.9. The van der Waals surface area contributed by atoms with Gasteiger partial charge in [-0.1, -0.05) is 19.1 Å². The number of aromatic nitrogens is 3. The van der Waals surface area contributed by atoms with Gasteiger partial charge in [0.15, 0.2) is 0 Å². The molecule has 0 aliphatic carbocycles. The van der Waals surface area contributed by atoms with E-state index in [2.05, 4.69) is 27.2 Å². The summed E-state index contributed by atoms with van der Waals surface area (Å²) < 4.78 is 5.43. The Kier molecular flexibility index (Phi) is 5.76. The molecule has 0 radical (unpaired) electrons. The molecule has 3 rings (SSSR count). The van der Waals surface area contributed by atoms with Crippen LogP contribution in [0, 0.1) is 6.92 Å². The van der Waals surface area contributed by atoms with E-state index >= 15 is 0 Å². The maximum absolute atomic E-state index is 10.9. The molecule has 27 heavy (non-hydrogen) atoms. The molecule has 2 aromatic heterocycles. The van der Waals surface area contributed by atoms with Crippen LogP contribution in [0.4, 0.5) is 5.82 Å². The van der Waals surface area contributed by atoms with Crippen molar-refractivity contribution in [3.05, 3.63) is 65.7 Å². The number of methoxy groups -OCH3 is 1. The fourth-order valence-corrected chi connectivity index (χ4v) is 2.81. The number of hydrogen-bond donors (Lipinski definition) is 1. The van der Waals surface area contributed by atoms with Crippen molar-refractivity contribution in [2.75, 3.05) is 19.0 Å². The van der Waals surface area contributed by atoms with E-state index in [1.807, 2.05) is 37.4 Å². The average Bonchev–Trinajstić information content (AvgIpc) is 2.72. The quantitative estimate of drug-likeness (QED) is 0.643. The number of ether oxygens (including phenoxy) is 1. The number of nitrogens with one attached hydrogen (secondary N) is 1. The zero-order valence-corrected chi connectivity index (χ0v) is 15.6. The number of nitrogens with zero attached hydrogens (tertiary/aromatic N) is 3. The molecular formula is C21H22N4O2. The van der Waals surface area contributed by atoms with Crippen LogP contribution in [-0.2, 0) is 0 Å². The van der Waals surface area contributed by atoms with Gasteiger partial charge in [0, 0.05) is 41.5 Å². The molecule has 0 bridgehead atoms. The minimum Gasteiger partial charge on any atom is -0.496 e. The van der Waals surface area contributed by atoms with Crippen LogP contribution in [0.5, 0.6) is 5.75 Å². The molecule has 0 saturated heterocycles. The monoisotopic (exact) mass is 362 g/mol. The number of aldehydes is 1. The Hall–Kier alpha value is -3.28. The van der Waals surface area contributed by atoms with E-state index < -0.39 is 0 Å². The third-order valence-electron chi connectivity index (χ3n) is 4.39. The molecule has 0 aliphatic heterocycles. The third kappa shape index (κ3) is 4.47. The van der Waals surface area contributed by atoms with Crippen molar-refractivity contribution in [1.29, 1.82) is 0 Å². The highest BCUT2D eigenvalue weighted by Gasteiger charge is 2.13. The van der Waals surface area contributed by atoms with Gasteiger partial charge in [0.1, 0.15) is 24.2 Å². The Morgan fingerprint density at radius 3 is 2.70 bits per heavy atom. The molecule has 138 valence electrons. The van der Waals surface area contributed by atoms with Crippen LogP contribution in [0.3, 0.4) is 0 Å². The number of aryl methyl sites for hydroxylation is 1. The van der Waals surface area contributed by atoms with E-state index in [0.29, 0.717) is 17.9 Å². The van der Waals surface area contributed by atoms with Crippen LogP contribution >= 0.6 is 0 Å². The van der Waals surface area contributed by atoms with Crippen LogP contribution < -0.4 is 10.1 Å². The molecular weight excluding hydrogens is 340 g/mol. The second-order valence-corrected chi connectivity index (χ2v) is 6.38. The summed E-state index contributed by atoms with van der Waals surface area (Å²) in [5.74, 6) is 1.62. The van der Waals surface area contributed by atoms with Gasteiger partial charge in [0.05, 0.1) is 12.8 Å². The lowest BCUT2D eigenvalue weighted by Gasteiger charge is -2.17. The van der Waals surface area contributed by atoms with Gasteiger partial charge in [-0.3, -0.25) is 9.78 Å².